The molecule has 1 aliphatic heterocycles. The minimum atomic E-state index is -0.379. The molecule has 2 aliphatic rings. The maximum atomic E-state index is 12.5. The first-order chi connectivity index (χ1) is 13.9. The monoisotopic (exact) mass is 394 g/mol. The van der Waals surface area contributed by atoms with E-state index < -0.39 is 0 Å². The van der Waals surface area contributed by atoms with Crippen LogP contribution >= 0.6 is 0 Å². The van der Waals surface area contributed by atoms with Crippen molar-refractivity contribution >= 4 is 17.5 Å². The van der Waals surface area contributed by atoms with Crippen molar-refractivity contribution in [1.82, 2.24) is 14.9 Å². The van der Waals surface area contributed by atoms with Crippen LogP contribution in [0.2, 0.25) is 0 Å². The number of benzene rings is 1. The number of rotatable bonds is 6. The Hall–Kier alpha value is -2.96. The fourth-order valence-corrected chi connectivity index (χ4v) is 3.68. The minimum Gasteiger partial charge on any atom is -0.354 e. The number of aryl methyl sites for hydroxylation is 2. The van der Waals surface area contributed by atoms with Gasteiger partial charge in [0.2, 0.25) is 11.8 Å². The van der Waals surface area contributed by atoms with Crippen LogP contribution in [-0.2, 0) is 16.1 Å². The fraction of sp³-hybridized carbons (Fsp3) is 0.455. The molecular formula is C22H26N4O3. The zero-order valence-electron chi connectivity index (χ0n) is 16.9. The zero-order valence-corrected chi connectivity index (χ0v) is 16.9. The van der Waals surface area contributed by atoms with E-state index >= 15 is 0 Å². The molecule has 2 heterocycles. The highest BCUT2D eigenvalue weighted by molar-refractivity contribution is 6.00. The van der Waals surface area contributed by atoms with Gasteiger partial charge in [-0.15, -0.1) is 0 Å². The average molecular weight is 394 g/mol. The number of hydrogen-bond acceptors (Lipinski definition) is 4. The van der Waals surface area contributed by atoms with Gasteiger partial charge in [-0.05, 0) is 49.9 Å². The van der Waals surface area contributed by atoms with Gasteiger partial charge in [0.15, 0.2) is 0 Å². The summed E-state index contributed by atoms with van der Waals surface area (Å²) in [5, 5.41) is 2.86. The van der Waals surface area contributed by atoms with Crippen LogP contribution in [0.3, 0.4) is 0 Å². The molecule has 2 aromatic rings. The smallest absolute Gasteiger partial charge is 0.253 e. The summed E-state index contributed by atoms with van der Waals surface area (Å²) in [5.74, 6) is -0.127. The Kier molecular flexibility index (Phi) is 5.22. The van der Waals surface area contributed by atoms with Gasteiger partial charge < -0.3 is 10.2 Å². The molecular weight excluding hydrogens is 368 g/mol. The van der Waals surface area contributed by atoms with Crippen LogP contribution < -0.4 is 15.8 Å². The third-order valence-corrected chi connectivity index (χ3v) is 5.85. The summed E-state index contributed by atoms with van der Waals surface area (Å²) < 4.78 is 1.51. The quantitative estimate of drug-likeness (QED) is 0.811. The largest absolute Gasteiger partial charge is 0.354 e. The highest BCUT2D eigenvalue weighted by atomic mass is 16.2. The van der Waals surface area contributed by atoms with Crippen molar-refractivity contribution in [1.29, 1.82) is 0 Å². The molecule has 2 amide bonds. The Bertz CT molecular complexity index is 1010. The molecule has 152 valence electrons. The summed E-state index contributed by atoms with van der Waals surface area (Å²) in [6, 6.07) is 7.49. The average Bonchev–Trinajstić information content (AvgIpc) is 3.47. The van der Waals surface area contributed by atoms with Crippen molar-refractivity contribution in [2.45, 2.75) is 45.6 Å². The van der Waals surface area contributed by atoms with Gasteiger partial charge in [-0.3, -0.25) is 19.0 Å². The molecule has 1 aromatic carbocycles. The van der Waals surface area contributed by atoms with E-state index in [-0.39, 0.29) is 29.7 Å². The lowest BCUT2D eigenvalue weighted by Crippen LogP contribution is -2.36. The number of aromatic nitrogens is 2. The first kappa shape index (κ1) is 19.4. The first-order valence-corrected chi connectivity index (χ1v) is 10.1. The van der Waals surface area contributed by atoms with Gasteiger partial charge in [0, 0.05) is 43.7 Å². The molecule has 1 atom stereocenters. The third-order valence-electron chi connectivity index (χ3n) is 5.85. The Labute approximate surface area is 169 Å². The second kappa shape index (κ2) is 7.81. The SMILES string of the molecule is Cc1ccc(N2C[C@@H](C(=O)NCCn3cnc(C4CC4)cc3=O)CC2=O)cc1C. The lowest BCUT2D eigenvalue weighted by Gasteiger charge is -2.18. The van der Waals surface area contributed by atoms with Crippen LogP contribution in [0.1, 0.15) is 42.0 Å². The van der Waals surface area contributed by atoms with Crippen molar-refractivity contribution < 1.29 is 9.59 Å². The summed E-state index contributed by atoms with van der Waals surface area (Å²) in [6.07, 6.45) is 3.97. The predicted molar refractivity (Wildman–Crippen MR) is 110 cm³/mol. The van der Waals surface area contributed by atoms with Crippen molar-refractivity contribution in [3.05, 3.63) is 57.8 Å². The second-order valence-electron chi connectivity index (χ2n) is 8.08. The van der Waals surface area contributed by atoms with E-state index in [0.717, 1.165) is 29.8 Å². The number of anilines is 1. The van der Waals surface area contributed by atoms with E-state index in [1.165, 1.54) is 10.1 Å². The molecule has 0 unspecified atom stereocenters. The second-order valence-corrected chi connectivity index (χ2v) is 8.08. The van der Waals surface area contributed by atoms with E-state index in [1.54, 1.807) is 17.3 Å². The molecule has 1 N–H and O–H groups in total. The lowest BCUT2D eigenvalue weighted by molar-refractivity contribution is -0.126. The highest BCUT2D eigenvalue weighted by Gasteiger charge is 2.35. The van der Waals surface area contributed by atoms with E-state index in [9.17, 15) is 14.4 Å². The van der Waals surface area contributed by atoms with E-state index in [0.29, 0.717) is 25.6 Å². The van der Waals surface area contributed by atoms with Gasteiger partial charge in [-0.1, -0.05) is 6.07 Å². The highest BCUT2D eigenvalue weighted by Crippen LogP contribution is 2.38. The number of hydrogen-bond donors (Lipinski definition) is 1. The Balaban J connectivity index is 1.31. The Morgan fingerprint density at radius 3 is 2.66 bits per heavy atom. The number of carbonyl (C=O) groups excluding carboxylic acids is 2. The molecule has 29 heavy (non-hydrogen) atoms. The number of nitrogens with zero attached hydrogens (tertiary/aromatic N) is 3. The zero-order chi connectivity index (χ0) is 20.5. The van der Waals surface area contributed by atoms with E-state index in [2.05, 4.69) is 10.3 Å². The normalized spacial score (nSPS) is 18.9. The molecule has 7 nitrogen and oxygen atoms in total. The Morgan fingerprint density at radius 1 is 1.17 bits per heavy atom. The van der Waals surface area contributed by atoms with E-state index in [4.69, 9.17) is 0 Å². The molecule has 1 saturated heterocycles. The number of nitrogens with one attached hydrogen (secondary N) is 1. The first-order valence-electron chi connectivity index (χ1n) is 10.1. The fourth-order valence-electron chi connectivity index (χ4n) is 3.68. The van der Waals surface area contributed by atoms with Crippen molar-refractivity contribution in [2.75, 3.05) is 18.0 Å². The van der Waals surface area contributed by atoms with Crippen LogP contribution in [0.5, 0.6) is 0 Å². The summed E-state index contributed by atoms with van der Waals surface area (Å²) in [7, 11) is 0. The standard InChI is InChI=1S/C22H26N4O3/c1-14-3-6-18(9-15(14)2)26-12-17(10-21(26)28)22(29)23-7-8-25-13-24-19(11-20(25)27)16-4-5-16/h3,6,9,11,13,16-17H,4-5,7-8,10,12H2,1-2H3,(H,23,29)/t17-/m0/s1. The summed E-state index contributed by atoms with van der Waals surface area (Å²) in [5.41, 5.74) is 3.90. The topological polar surface area (TPSA) is 84.3 Å². The van der Waals surface area contributed by atoms with Crippen molar-refractivity contribution in [3.63, 3.8) is 0 Å². The molecule has 1 saturated carbocycles. The Morgan fingerprint density at radius 2 is 1.97 bits per heavy atom. The molecule has 1 aromatic heterocycles. The van der Waals surface area contributed by atoms with Crippen LogP contribution in [0.25, 0.3) is 0 Å². The van der Waals surface area contributed by atoms with Gasteiger partial charge in [0.1, 0.15) is 0 Å². The summed E-state index contributed by atoms with van der Waals surface area (Å²) in [6.45, 7) is 5.12. The van der Waals surface area contributed by atoms with Crippen LogP contribution in [0.15, 0.2) is 35.4 Å². The van der Waals surface area contributed by atoms with Gasteiger partial charge in [0.05, 0.1) is 17.9 Å². The molecule has 0 bridgehead atoms. The maximum Gasteiger partial charge on any atom is 0.253 e. The van der Waals surface area contributed by atoms with Crippen molar-refractivity contribution in [3.8, 4) is 0 Å². The van der Waals surface area contributed by atoms with E-state index in [1.807, 2.05) is 32.0 Å². The van der Waals surface area contributed by atoms with Crippen LogP contribution in [0, 0.1) is 19.8 Å². The van der Waals surface area contributed by atoms with Crippen molar-refractivity contribution in [2.24, 2.45) is 5.92 Å². The summed E-state index contributed by atoms with van der Waals surface area (Å²) in [4.78, 5) is 43.1. The molecule has 7 heteroatoms. The predicted octanol–water partition coefficient (Wildman–Crippen LogP) is 1.91. The maximum absolute atomic E-state index is 12.5. The molecule has 1 aliphatic carbocycles. The van der Waals surface area contributed by atoms with Crippen LogP contribution in [0.4, 0.5) is 5.69 Å². The van der Waals surface area contributed by atoms with Gasteiger partial charge in [-0.2, -0.15) is 0 Å². The minimum absolute atomic E-state index is 0.0375. The van der Waals surface area contributed by atoms with Crippen LogP contribution in [-0.4, -0.2) is 34.5 Å². The summed E-state index contributed by atoms with van der Waals surface area (Å²) >= 11 is 0. The van der Waals surface area contributed by atoms with Gasteiger partial charge in [-0.25, -0.2) is 4.98 Å². The number of amides is 2. The third kappa shape index (κ3) is 4.23. The molecule has 4 rings (SSSR count). The lowest BCUT2D eigenvalue weighted by atomic mass is 10.1. The molecule has 2 fully saturated rings. The number of carbonyl (C=O) groups is 2. The van der Waals surface area contributed by atoms with Gasteiger partial charge >= 0.3 is 0 Å². The molecule has 0 radical (unpaired) electrons. The molecule has 0 spiro atoms. The van der Waals surface area contributed by atoms with Gasteiger partial charge in [0.25, 0.3) is 5.56 Å².